The minimum Gasteiger partial charge on any atom is -0.457 e. The van der Waals surface area contributed by atoms with Gasteiger partial charge >= 0.3 is 0 Å². The Morgan fingerprint density at radius 1 is 1.08 bits per heavy atom. The van der Waals surface area contributed by atoms with Crippen LogP contribution in [0.4, 0.5) is 0 Å². The van der Waals surface area contributed by atoms with Gasteiger partial charge in [-0.25, -0.2) is 0 Å². The molecule has 1 saturated heterocycles. The second-order valence-corrected chi connectivity index (χ2v) is 6.58. The number of halogens is 1. The lowest BCUT2D eigenvalue weighted by Gasteiger charge is -2.29. The van der Waals surface area contributed by atoms with Gasteiger partial charge in [-0.2, -0.15) is 0 Å². The van der Waals surface area contributed by atoms with E-state index in [2.05, 4.69) is 10.6 Å². The standard InChI is InChI=1S/C20H22N2O2.ClH/c23-19(10-9-14-11-12-21-13-14)22-20-15-5-1-3-7-17(15)24-18-8-4-2-6-16(18)20;/h1-8,14,20-21H,9-13H2,(H,22,23);1H. The molecule has 4 rings (SSSR count). The summed E-state index contributed by atoms with van der Waals surface area (Å²) in [7, 11) is 0. The smallest absolute Gasteiger partial charge is 0.220 e. The molecule has 5 heteroatoms. The van der Waals surface area contributed by atoms with E-state index in [9.17, 15) is 4.79 Å². The van der Waals surface area contributed by atoms with Crippen LogP contribution >= 0.6 is 12.4 Å². The molecule has 2 aromatic carbocycles. The van der Waals surface area contributed by atoms with E-state index in [1.807, 2.05) is 48.5 Å². The highest BCUT2D eigenvalue weighted by molar-refractivity contribution is 5.85. The average Bonchev–Trinajstić information content (AvgIpc) is 3.13. The predicted octanol–water partition coefficient (Wildman–Crippen LogP) is 3.81. The first-order valence-electron chi connectivity index (χ1n) is 8.67. The van der Waals surface area contributed by atoms with Crippen LogP contribution in [-0.4, -0.2) is 19.0 Å². The fraction of sp³-hybridized carbons (Fsp3) is 0.350. The molecule has 1 fully saturated rings. The van der Waals surface area contributed by atoms with Crippen molar-refractivity contribution in [2.45, 2.75) is 25.3 Å². The van der Waals surface area contributed by atoms with Crippen LogP contribution in [-0.2, 0) is 4.79 Å². The maximum Gasteiger partial charge on any atom is 0.220 e. The molecule has 2 aliphatic heterocycles. The highest BCUT2D eigenvalue weighted by Crippen LogP contribution is 2.42. The van der Waals surface area contributed by atoms with Gasteiger partial charge in [0.25, 0.3) is 0 Å². The van der Waals surface area contributed by atoms with Crippen molar-refractivity contribution in [1.82, 2.24) is 10.6 Å². The summed E-state index contributed by atoms with van der Waals surface area (Å²) < 4.78 is 5.97. The molecule has 2 aliphatic rings. The molecular weight excluding hydrogens is 336 g/mol. The van der Waals surface area contributed by atoms with Crippen LogP contribution in [0.5, 0.6) is 11.5 Å². The number of carbonyl (C=O) groups excluding carboxylic acids is 1. The van der Waals surface area contributed by atoms with Crippen molar-refractivity contribution in [3.8, 4) is 11.5 Å². The number of nitrogens with one attached hydrogen (secondary N) is 2. The van der Waals surface area contributed by atoms with Gasteiger partial charge in [-0.15, -0.1) is 12.4 Å². The molecule has 25 heavy (non-hydrogen) atoms. The number of fused-ring (bicyclic) bond motifs is 2. The summed E-state index contributed by atoms with van der Waals surface area (Å²) in [4.78, 5) is 12.5. The summed E-state index contributed by atoms with van der Waals surface area (Å²) in [6.07, 6.45) is 2.70. The Labute approximate surface area is 154 Å². The third-order valence-electron chi connectivity index (χ3n) is 4.93. The molecule has 0 aliphatic carbocycles. The van der Waals surface area contributed by atoms with Crippen molar-refractivity contribution in [3.05, 3.63) is 59.7 Å². The van der Waals surface area contributed by atoms with Crippen molar-refractivity contribution < 1.29 is 9.53 Å². The van der Waals surface area contributed by atoms with Gasteiger partial charge in [0.05, 0.1) is 6.04 Å². The highest BCUT2D eigenvalue weighted by Gasteiger charge is 2.28. The number of rotatable bonds is 4. The molecule has 0 radical (unpaired) electrons. The zero-order valence-corrected chi connectivity index (χ0v) is 14.9. The van der Waals surface area contributed by atoms with Gasteiger partial charge in [0.1, 0.15) is 11.5 Å². The molecule has 0 aromatic heterocycles. The fourth-order valence-electron chi connectivity index (χ4n) is 3.59. The van der Waals surface area contributed by atoms with Crippen LogP contribution < -0.4 is 15.4 Å². The molecule has 1 amide bonds. The van der Waals surface area contributed by atoms with Crippen molar-refractivity contribution >= 4 is 18.3 Å². The largest absolute Gasteiger partial charge is 0.457 e. The molecular formula is C20H23ClN2O2. The number of carbonyl (C=O) groups is 1. The average molecular weight is 359 g/mol. The zero-order chi connectivity index (χ0) is 16.4. The van der Waals surface area contributed by atoms with Gasteiger partial charge < -0.3 is 15.4 Å². The number of hydrogen-bond acceptors (Lipinski definition) is 3. The molecule has 1 unspecified atom stereocenters. The maximum atomic E-state index is 12.5. The second-order valence-electron chi connectivity index (χ2n) is 6.58. The normalized spacial score (nSPS) is 18.5. The Kier molecular flexibility index (Phi) is 5.61. The summed E-state index contributed by atoms with van der Waals surface area (Å²) in [5, 5.41) is 6.57. The summed E-state index contributed by atoms with van der Waals surface area (Å²) >= 11 is 0. The minimum absolute atomic E-state index is 0. The minimum atomic E-state index is -0.139. The van der Waals surface area contributed by atoms with E-state index in [1.165, 1.54) is 6.42 Å². The van der Waals surface area contributed by atoms with E-state index in [0.717, 1.165) is 42.1 Å². The Balaban J connectivity index is 0.00000182. The zero-order valence-electron chi connectivity index (χ0n) is 14.0. The van der Waals surface area contributed by atoms with Gasteiger partial charge in [0.15, 0.2) is 0 Å². The lowest BCUT2D eigenvalue weighted by Crippen LogP contribution is -2.31. The van der Waals surface area contributed by atoms with Crippen LogP contribution in [0.2, 0.25) is 0 Å². The van der Waals surface area contributed by atoms with Gasteiger partial charge in [0.2, 0.25) is 5.91 Å². The van der Waals surface area contributed by atoms with Gasteiger partial charge in [-0.05, 0) is 44.0 Å². The van der Waals surface area contributed by atoms with E-state index in [-0.39, 0.29) is 24.4 Å². The predicted molar refractivity (Wildman–Crippen MR) is 100 cm³/mol. The lowest BCUT2D eigenvalue weighted by molar-refractivity contribution is -0.121. The third-order valence-corrected chi connectivity index (χ3v) is 4.93. The van der Waals surface area contributed by atoms with Crippen LogP contribution in [0.1, 0.15) is 36.4 Å². The lowest BCUT2D eigenvalue weighted by atomic mass is 9.94. The number of para-hydroxylation sites is 2. The van der Waals surface area contributed by atoms with Crippen molar-refractivity contribution in [2.75, 3.05) is 13.1 Å². The summed E-state index contributed by atoms with van der Waals surface area (Å²) in [6.45, 7) is 2.11. The molecule has 2 heterocycles. The van der Waals surface area contributed by atoms with E-state index >= 15 is 0 Å². The summed E-state index contributed by atoms with van der Waals surface area (Å²) in [5.41, 5.74) is 2.04. The van der Waals surface area contributed by atoms with E-state index in [1.54, 1.807) is 0 Å². The summed E-state index contributed by atoms with van der Waals surface area (Å²) in [6, 6.07) is 15.7. The molecule has 132 valence electrons. The van der Waals surface area contributed by atoms with Crippen LogP contribution in [0.25, 0.3) is 0 Å². The van der Waals surface area contributed by atoms with Crippen molar-refractivity contribution in [2.24, 2.45) is 5.92 Å². The molecule has 0 spiro atoms. The monoisotopic (exact) mass is 358 g/mol. The van der Waals surface area contributed by atoms with E-state index < -0.39 is 0 Å². The molecule has 4 nitrogen and oxygen atoms in total. The SMILES string of the molecule is Cl.O=C(CCC1CCNC1)NC1c2ccccc2Oc2ccccc21. The molecule has 1 atom stereocenters. The number of benzene rings is 2. The van der Waals surface area contributed by atoms with Crippen molar-refractivity contribution in [3.63, 3.8) is 0 Å². The van der Waals surface area contributed by atoms with Crippen LogP contribution in [0.15, 0.2) is 48.5 Å². The second kappa shape index (κ2) is 7.89. The van der Waals surface area contributed by atoms with E-state index in [0.29, 0.717) is 12.3 Å². The molecule has 2 aromatic rings. The quantitative estimate of drug-likeness (QED) is 0.873. The third kappa shape index (κ3) is 3.80. The first-order chi connectivity index (χ1) is 11.8. The first-order valence-corrected chi connectivity index (χ1v) is 8.67. The highest BCUT2D eigenvalue weighted by atomic mass is 35.5. The molecule has 2 N–H and O–H groups in total. The number of ether oxygens (including phenoxy) is 1. The Morgan fingerprint density at radius 2 is 1.72 bits per heavy atom. The van der Waals surface area contributed by atoms with Crippen LogP contribution in [0, 0.1) is 5.92 Å². The number of amides is 1. The maximum absolute atomic E-state index is 12.5. The van der Waals surface area contributed by atoms with Crippen LogP contribution in [0.3, 0.4) is 0 Å². The first kappa shape index (κ1) is 17.8. The Morgan fingerprint density at radius 3 is 2.32 bits per heavy atom. The Bertz CT molecular complexity index is 698. The Hall–Kier alpha value is -2.04. The number of hydrogen-bond donors (Lipinski definition) is 2. The van der Waals surface area contributed by atoms with Gasteiger partial charge in [0, 0.05) is 17.5 Å². The van der Waals surface area contributed by atoms with Gasteiger partial charge in [-0.1, -0.05) is 36.4 Å². The van der Waals surface area contributed by atoms with E-state index in [4.69, 9.17) is 4.74 Å². The van der Waals surface area contributed by atoms with Crippen molar-refractivity contribution in [1.29, 1.82) is 0 Å². The summed E-state index contributed by atoms with van der Waals surface area (Å²) in [5.74, 6) is 2.38. The molecule has 0 saturated carbocycles. The fourth-order valence-corrected chi connectivity index (χ4v) is 3.59. The van der Waals surface area contributed by atoms with Gasteiger partial charge in [-0.3, -0.25) is 4.79 Å². The molecule has 0 bridgehead atoms. The topological polar surface area (TPSA) is 50.4 Å².